The van der Waals surface area contributed by atoms with Crippen LogP contribution >= 0.6 is 26.3 Å². The molecule has 3 nitrogen and oxygen atoms in total. The van der Waals surface area contributed by atoms with Crippen molar-refractivity contribution in [1.29, 1.82) is 0 Å². The minimum atomic E-state index is -2.49. The van der Waals surface area contributed by atoms with Crippen LogP contribution in [0.2, 0.25) is 6.04 Å². The van der Waals surface area contributed by atoms with Gasteiger partial charge in [0.2, 0.25) is 0 Å². The van der Waals surface area contributed by atoms with Gasteiger partial charge in [0.05, 0.1) is 0 Å². The Kier molecular flexibility index (Phi) is 23.8. The molecule has 0 spiro atoms. The van der Waals surface area contributed by atoms with Crippen molar-refractivity contribution in [2.75, 3.05) is 46.0 Å². The molecule has 0 aromatic rings. The van der Waals surface area contributed by atoms with Crippen LogP contribution in [0.4, 0.5) is 0 Å². The molecule has 0 N–H and O–H groups in total. The van der Waals surface area contributed by atoms with Crippen LogP contribution < -0.4 is 0 Å². The summed E-state index contributed by atoms with van der Waals surface area (Å²) in [6.07, 6.45) is 32.5. The molecule has 0 unspecified atom stereocenters. The van der Waals surface area contributed by atoms with E-state index < -0.39 is 13.1 Å². The van der Waals surface area contributed by atoms with E-state index >= 15 is 0 Å². The van der Waals surface area contributed by atoms with Crippen LogP contribution in [0.1, 0.15) is 143 Å². The second-order valence-electron chi connectivity index (χ2n) is 11.4. The molecule has 0 aromatic heterocycles. The Morgan fingerprint density at radius 1 is 0.444 bits per heavy atom. The van der Waals surface area contributed by atoms with Crippen LogP contribution in [0.5, 0.6) is 0 Å². The van der Waals surface area contributed by atoms with E-state index in [0.29, 0.717) is 0 Å². The van der Waals surface area contributed by atoms with E-state index in [1.807, 2.05) is 0 Å². The van der Waals surface area contributed by atoms with Gasteiger partial charge in [0.25, 0.3) is 0 Å². The molecule has 220 valence electrons. The van der Waals surface area contributed by atoms with Crippen molar-refractivity contribution in [3.05, 3.63) is 0 Å². The van der Waals surface area contributed by atoms with Gasteiger partial charge < -0.3 is 0 Å². The van der Waals surface area contributed by atoms with E-state index in [2.05, 4.69) is 42.8 Å². The van der Waals surface area contributed by atoms with Crippen molar-refractivity contribution in [2.45, 2.75) is 149 Å². The molecule has 0 aliphatic heterocycles. The Morgan fingerprint density at radius 3 is 1.03 bits per heavy atom. The van der Waals surface area contributed by atoms with Crippen LogP contribution in [0.25, 0.3) is 0 Å². The quantitative estimate of drug-likeness (QED) is 0.0362. The van der Waals surface area contributed by atoms with Gasteiger partial charge in [-0.05, 0) is 0 Å². The monoisotopic (exact) mass is 660 g/mol. The van der Waals surface area contributed by atoms with Gasteiger partial charge >= 0.3 is 243 Å². The predicted octanol–water partition coefficient (Wildman–Crippen LogP) is 11.2. The van der Waals surface area contributed by atoms with Crippen molar-refractivity contribution < 1.29 is 13.3 Å². The Hall–Kier alpha value is 1.26. The van der Waals surface area contributed by atoms with Crippen LogP contribution in [0.15, 0.2) is 0 Å². The van der Waals surface area contributed by atoms with E-state index in [0.717, 1.165) is 6.04 Å². The molecule has 0 aromatic carbocycles. The summed E-state index contributed by atoms with van der Waals surface area (Å²) in [5.41, 5.74) is 0. The molecular weight excluding hydrogens is 594 g/mol. The molecule has 36 heavy (non-hydrogen) atoms. The van der Waals surface area contributed by atoms with Gasteiger partial charge in [0.15, 0.2) is 0 Å². The first-order valence-corrected chi connectivity index (χ1v) is 23.4. The molecule has 6 heteroatoms. The zero-order valence-corrected chi connectivity index (χ0v) is 29.6. The first kappa shape index (κ1) is 37.3. The second kappa shape index (κ2) is 23.0. The zero-order valence-electron chi connectivity index (χ0n) is 25.5. The predicted molar refractivity (Wildman–Crippen MR) is 177 cm³/mol. The van der Waals surface area contributed by atoms with Crippen molar-refractivity contribution in [2.24, 2.45) is 0 Å². The molecule has 0 aliphatic carbocycles. The van der Waals surface area contributed by atoms with Crippen molar-refractivity contribution >= 4 is 35.1 Å². The number of hydrogen-bond donors (Lipinski definition) is 0. The molecule has 0 rings (SSSR count). The molecule has 0 amide bonds. The van der Waals surface area contributed by atoms with Crippen molar-refractivity contribution in [3.8, 4) is 0 Å². The minimum absolute atomic E-state index is 0.959. The molecule has 0 atom stereocenters. The zero-order chi connectivity index (χ0) is 27.0. The summed E-state index contributed by atoms with van der Waals surface area (Å²) in [7, 11) is 2.82. The summed E-state index contributed by atoms with van der Waals surface area (Å²) in [5.74, 6) is 0. The average Bonchev–Trinajstić information content (AvgIpc) is 2.89. The first-order valence-electron chi connectivity index (χ1n) is 15.7. The standard InChI is InChI=1S/C30H66IO3PSi/c1-7-10-13-16-19-22-26-35(31,27-23-20-17-14-11-8-2,28-24-21-18-15-12-9-3)29-25-30-36(32-4,33-5)34-6/h7-30H2,1-6H3. The van der Waals surface area contributed by atoms with Crippen molar-refractivity contribution in [3.63, 3.8) is 0 Å². The summed E-state index contributed by atoms with van der Waals surface area (Å²) >= 11 is 3.12. The van der Waals surface area contributed by atoms with Crippen LogP contribution in [0, 0.1) is 0 Å². The fourth-order valence-electron chi connectivity index (χ4n) is 5.78. The Bertz CT molecular complexity index is 439. The number of rotatable bonds is 28. The van der Waals surface area contributed by atoms with Crippen molar-refractivity contribution in [1.82, 2.24) is 0 Å². The molecule has 0 heterocycles. The van der Waals surface area contributed by atoms with E-state index in [1.165, 1.54) is 147 Å². The topological polar surface area (TPSA) is 27.7 Å². The molecule has 0 fully saturated rings. The summed E-state index contributed by atoms with van der Waals surface area (Å²) in [4.78, 5) is 0. The third-order valence-electron chi connectivity index (χ3n) is 8.34. The fourth-order valence-corrected chi connectivity index (χ4v) is 17.2. The molecule has 0 radical (unpaired) electrons. The van der Waals surface area contributed by atoms with E-state index in [-0.39, 0.29) is 0 Å². The maximum absolute atomic E-state index is 5.80. The summed E-state index contributed by atoms with van der Waals surface area (Å²) < 4.78 is 15.6. The summed E-state index contributed by atoms with van der Waals surface area (Å²) in [5, 5.41) is 0. The third kappa shape index (κ3) is 17.1. The Balaban J connectivity index is 5.37. The van der Waals surface area contributed by atoms with Gasteiger partial charge in [-0.2, -0.15) is 0 Å². The van der Waals surface area contributed by atoms with Gasteiger partial charge in [0, 0.05) is 0 Å². The first-order chi connectivity index (χ1) is 17.4. The molecule has 0 aliphatic rings. The van der Waals surface area contributed by atoms with Crippen LogP contribution in [-0.2, 0) is 13.3 Å². The molecule has 0 saturated carbocycles. The van der Waals surface area contributed by atoms with Crippen LogP contribution in [0.3, 0.4) is 0 Å². The van der Waals surface area contributed by atoms with Gasteiger partial charge in [-0.15, -0.1) is 0 Å². The summed E-state index contributed by atoms with van der Waals surface area (Å²) in [6.45, 7) is 6.96. The Labute approximate surface area is 242 Å². The molecule has 0 bridgehead atoms. The Morgan fingerprint density at radius 2 is 0.722 bits per heavy atom. The second-order valence-corrected chi connectivity index (χ2v) is 28.1. The molecule has 0 saturated heterocycles. The average molecular weight is 661 g/mol. The third-order valence-corrected chi connectivity index (χ3v) is 22.7. The SMILES string of the molecule is CCCCCCCCP(I)(CCCCCCCC)(CCCCCCCC)CCC[Si](OC)(OC)OC. The van der Waals surface area contributed by atoms with Gasteiger partial charge in [0.1, 0.15) is 0 Å². The van der Waals surface area contributed by atoms with E-state index in [9.17, 15) is 0 Å². The number of halogens is 1. The van der Waals surface area contributed by atoms with Gasteiger partial charge in [-0.25, -0.2) is 0 Å². The van der Waals surface area contributed by atoms with E-state index in [1.54, 1.807) is 21.3 Å². The normalized spacial score (nSPS) is 13.7. The van der Waals surface area contributed by atoms with Crippen LogP contribution in [-0.4, -0.2) is 54.8 Å². The van der Waals surface area contributed by atoms with E-state index in [4.69, 9.17) is 13.3 Å². The van der Waals surface area contributed by atoms with Gasteiger partial charge in [-0.1, -0.05) is 0 Å². The molecular formula is C30H66IO3PSi. The fraction of sp³-hybridized carbons (Fsp3) is 1.00. The number of hydrogen-bond acceptors (Lipinski definition) is 3. The van der Waals surface area contributed by atoms with Gasteiger partial charge in [-0.3, -0.25) is 0 Å². The summed E-state index contributed by atoms with van der Waals surface area (Å²) in [6, 6.07) is 0.959. The maximum atomic E-state index is 5.80. The number of unbranched alkanes of at least 4 members (excludes halogenated alkanes) is 15.